The SMILES string of the molecule is O=C(c1cccc(O)c1)c1c(O)c(C2OC(CO)C(O)C(O)C2O)c(O)c(C2OC(CO)C(O)C(O)C2O)c1O. The van der Waals surface area contributed by atoms with Gasteiger partial charge in [0.2, 0.25) is 5.78 Å². The first-order valence-corrected chi connectivity index (χ1v) is 12.1. The average Bonchev–Trinajstić information content (AvgIpc) is 2.92. The number of phenolic OH excluding ortho intramolecular Hbond substituents is 4. The zero-order valence-corrected chi connectivity index (χ0v) is 20.6. The Labute approximate surface area is 225 Å². The minimum absolute atomic E-state index is 0.282. The fraction of sp³-hybridized carbons (Fsp3) is 0.480. The normalized spacial score (nSPS) is 34.5. The molecule has 2 heterocycles. The number of ether oxygens (including phenoxy) is 2. The van der Waals surface area contributed by atoms with Crippen molar-refractivity contribution in [2.45, 2.75) is 61.0 Å². The lowest BCUT2D eigenvalue weighted by atomic mass is 9.83. The molecule has 12 N–H and O–H groups in total. The second-order valence-electron chi connectivity index (χ2n) is 9.63. The summed E-state index contributed by atoms with van der Waals surface area (Å²) in [5.41, 5.74) is -2.92. The summed E-state index contributed by atoms with van der Waals surface area (Å²) in [7, 11) is 0. The van der Waals surface area contributed by atoms with E-state index in [-0.39, 0.29) is 11.3 Å². The van der Waals surface area contributed by atoms with Gasteiger partial charge >= 0.3 is 0 Å². The molecule has 0 spiro atoms. The van der Waals surface area contributed by atoms with Crippen LogP contribution >= 0.6 is 0 Å². The second kappa shape index (κ2) is 11.4. The quantitative estimate of drug-likeness (QED) is 0.152. The van der Waals surface area contributed by atoms with Crippen LogP contribution in [-0.4, -0.2) is 129 Å². The lowest BCUT2D eigenvalue weighted by Crippen LogP contribution is -2.55. The minimum atomic E-state index is -2.09. The zero-order chi connectivity index (χ0) is 29.6. The van der Waals surface area contributed by atoms with Gasteiger partial charge < -0.3 is 70.8 Å². The summed E-state index contributed by atoms with van der Waals surface area (Å²) in [6, 6.07) is 4.68. The Morgan fingerprint density at radius 1 is 0.650 bits per heavy atom. The number of hydrogen-bond acceptors (Lipinski definition) is 15. The number of hydrogen-bond donors (Lipinski definition) is 12. The van der Waals surface area contributed by atoms with Crippen molar-refractivity contribution >= 4 is 5.78 Å². The molecule has 0 bridgehead atoms. The standard InChI is InChI=1S/C25H30O15/c26-5-9-15(30)20(35)22(37)24(39-9)12-17(32)11(14(29)7-2-1-3-8(28)4-7)18(33)13(19(12)34)25-23(38)21(36)16(31)10(6-27)40-25/h1-4,9-10,15-16,20-28,30-38H,5-6H2. The van der Waals surface area contributed by atoms with Crippen LogP contribution in [0.25, 0.3) is 0 Å². The fourth-order valence-electron chi connectivity index (χ4n) is 4.98. The van der Waals surface area contributed by atoms with Crippen molar-refractivity contribution in [3.63, 3.8) is 0 Å². The highest BCUT2D eigenvalue weighted by Crippen LogP contribution is 2.53. The number of rotatable bonds is 6. The van der Waals surface area contributed by atoms with E-state index in [0.717, 1.165) is 6.07 Å². The van der Waals surface area contributed by atoms with E-state index < -0.39 is 114 Å². The fourth-order valence-corrected chi connectivity index (χ4v) is 4.98. The van der Waals surface area contributed by atoms with Crippen molar-refractivity contribution in [1.82, 2.24) is 0 Å². The van der Waals surface area contributed by atoms with Crippen LogP contribution in [-0.2, 0) is 9.47 Å². The van der Waals surface area contributed by atoms with Crippen LogP contribution in [0.5, 0.6) is 23.0 Å². The van der Waals surface area contributed by atoms with Gasteiger partial charge in [0.1, 0.15) is 89.6 Å². The van der Waals surface area contributed by atoms with Crippen molar-refractivity contribution in [3.8, 4) is 23.0 Å². The van der Waals surface area contributed by atoms with Gasteiger partial charge in [-0.3, -0.25) is 4.79 Å². The molecule has 0 radical (unpaired) electrons. The predicted molar refractivity (Wildman–Crippen MR) is 128 cm³/mol. The number of ketones is 1. The number of aromatic hydroxyl groups is 4. The molecule has 2 aliphatic heterocycles. The molecule has 15 heteroatoms. The maximum Gasteiger partial charge on any atom is 0.200 e. The maximum absolute atomic E-state index is 13.5. The van der Waals surface area contributed by atoms with Crippen molar-refractivity contribution in [2.24, 2.45) is 0 Å². The zero-order valence-electron chi connectivity index (χ0n) is 20.6. The molecule has 10 unspecified atom stereocenters. The maximum atomic E-state index is 13.5. The molecular weight excluding hydrogens is 540 g/mol. The van der Waals surface area contributed by atoms with Crippen LogP contribution in [0, 0.1) is 0 Å². The Morgan fingerprint density at radius 2 is 1.10 bits per heavy atom. The first-order valence-electron chi connectivity index (χ1n) is 12.1. The van der Waals surface area contributed by atoms with Gasteiger partial charge in [-0.05, 0) is 12.1 Å². The predicted octanol–water partition coefficient (Wildman–Crippen LogP) is -3.23. The number of benzene rings is 2. The van der Waals surface area contributed by atoms with Gasteiger partial charge in [-0.15, -0.1) is 0 Å². The summed E-state index contributed by atoms with van der Waals surface area (Å²) in [5.74, 6) is -5.03. The summed E-state index contributed by atoms with van der Waals surface area (Å²) in [6.07, 6.45) is -18.8. The smallest absolute Gasteiger partial charge is 0.200 e. The van der Waals surface area contributed by atoms with Crippen LogP contribution < -0.4 is 0 Å². The van der Waals surface area contributed by atoms with Crippen LogP contribution in [0.3, 0.4) is 0 Å². The molecule has 2 aromatic carbocycles. The summed E-state index contributed by atoms with van der Waals surface area (Å²) in [4.78, 5) is 13.5. The number of phenols is 4. The lowest BCUT2D eigenvalue weighted by molar-refractivity contribution is -0.234. The van der Waals surface area contributed by atoms with Crippen molar-refractivity contribution in [1.29, 1.82) is 0 Å². The minimum Gasteiger partial charge on any atom is -0.508 e. The summed E-state index contributed by atoms with van der Waals surface area (Å²) in [5, 5.41) is 125. The topological polar surface area (TPSA) is 278 Å². The van der Waals surface area contributed by atoms with E-state index in [4.69, 9.17) is 9.47 Å². The van der Waals surface area contributed by atoms with E-state index in [1.165, 1.54) is 18.2 Å². The first-order chi connectivity index (χ1) is 18.8. The van der Waals surface area contributed by atoms with Gasteiger partial charge in [0.05, 0.1) is 24.3 Å². The van der Waals surface area contributed by atoms with Crippen LogP contribution in [0.2, 0.25) is 0 Å². The molecule has 2 saturated heterocycles. The second-order valence-corrected chi connectivity index (χ2v) is 9.63. The van der Waals surface area contributed by atoms with E-state index in [1.807, 2.05) is 0 Å². The highest BCUT2D eigenvalue weighted by Gasteiger charge is 2.50. The molecule has 15 nitrogen and oxygen atoms in total. The molecule has 40 heavy (non-hydrogen) atoms. The molecule has 0 amide bonds. The van der Waals surface area contributed by atoms with Crippen LogP contribution in [0.4, 0.5) is 0 Å². The average molecular weight is 571 g/mol. The lowest BCUT2D eigenvalue weighted by Gasteiger charge is -2.42. The van der Waals surface area contributed by atoms with Gasteiger partial charge in [0, 0.05) is 5.56 Å². The van der Waals surface area contributed by atoms with Crippen LogP contribution in [0.1, 0.15) is 39.3 Å². The molecule has 0 aliphatic carbocycles. The van der Waals surface area contributed by atoms with E-state index in [1.54, 1.807) is 0 Å². The number of carbonyl (C=O) groups is 1. The largest absolute Gasteiger partial charge is 0.508 e. The third-order valence-corrected chi connectivity index (χ3v) is 7.18. The highest BCUT2D eigenvalue weighted by atomic mass is 16.6. The molecule has 0 saturated carbocycles. The Hall–Kier alpha value is -3.09. The number of aliphatic hydroxyl groups is 8. The summed E-state index contributed by atoms with van der Waals surface area (Å²) >= 11 is 0. The van der Waals surface area contributed by atoms with Gasteiger partial charge in [-0.1, -0.05) is 12.1 Å². The van der Waals surface area contributed by atoms with Gasteiger partial charge in [0.15, 0.2) is 0 Å². The van der Waals surface area contributed by atoms with E-state index in [9.17, 15) is 66.1 Å². The summed E-state index contributed by atoms with van der Waals surface area (Å²) in [6.45, 7) is -1.79. The Kier molecular flexibility index (Phi) is 8.53. The van der Waals surface area contributed by atoms with Crippen molar-refractivity contribution in [3.05, 3.63) is 46.5 Å². The molecule has 2 fully saturated rings. The number of aliphatic hydroxyl groups excluding tert-OH is 8. The monoisotopic (exact) mass is 570 g/mol. The third-order valence-electron chi connectivity index (χ3n) is 7.18. The van der Waals surface area contributed by atoms with Crippen molar-refractivity contribution < 1.29 is 75.5 Å². The number of carbonyl (C=O) groups excluding carboxylic acids is 1. The molecular formula is C25H30O15. The molecule has 0 aromatic heterocycles. The summed E-state index contributed by atoms with van der Waals surface area (Å²) < 4.78 is 10.9. The Morgan fingerprint density at radius 3 is 1.50 bits per heavy atom. The van der Waals surface area contributed by atoms with E-state index in [0.29, 0.717) is 0 Å². The van der Waals surface area contributed by atoms with E-state index in [2.05, 4.69) is 0 Å². The third kappa shape index (κ3) is 4.86. The molecule has 2 aromatic rings. The van der Waals surface area contributed by atoms with E-state index >= 15 is 0 Å². The van der Waals surface area contributed by atoms with Gasteiger partial charge in [-0.2, -0.15) is 0 Å². The first kappa shape index (κ1) is 29.9. The van der Waals surface area contributed by atoms with Crippen molar-refractivity contribution in [2.75, 3.05) is 13.2 Å². The highest BCUT2D eigenvalue weighted by molar-refractivity contribution is 6.13. The molecule has 10 atom stereocenters. The molecule has 4 rings (SSSR count). The Balaban J connectivity index is 1.99. The van der Waals surface area contributed by atoms with Crippen LogP contribution in [0.15, 0.2) is 24.3 Å². The molecule has 220 valence electrons. The Bertz CT molecular complexity index is 1180. The van der Waals surface area contributed by atoms with Gasteiger partial charge in [-0.25, -0.2) is 0 Å². The molecule has 2 aliphatic rings. The van der Waals surface area contributed by atoms with Gasteiger partial charge in [0.25, 0.3) is 0 Å².